The minimum atomic E-state index is -3.57. The standard InChI is InChI=1S/C18H33N3O6S/c1-2-25-12-4-8-19-17(22)16-5-3-9-21(15-16)28(23,24)20-10-6-18(7-11-20)26-13-14-27-18/h16H,2-15H2,1H3,(H,19,22)/t16-/m1/s1. The maximum atomic E-state index is 13.1. The minimum Gasteiger partial charge on any atom is -0.382 e. The van der Waals surface area contributed by atoms with Crippen LogP contribution < -0.4 is 5.32 Å². The van der Waals surface area contributed by atoms with Crippen molar-refractivity contribution in [3.8, 4) is 0 Å². The number of carbonyl (C=O) groups excluding carboxylic acids is 1. The first-order chi connectivity index (χ1) is 13.5. The first-order valence-corrected chi connectivity index (χ1v) is 11.8. The highest BCUT2D eigenvalue weighted by Gasteiger charge is 2.44. The molecule has 10 heteroatoms. The summed E-state index contributed by atoms with van der Waals surface area (Å²) in [4.78, 5) is 12.4. The van der Waals surface area contributed by atoms with Gasteiger partial charge in [0.05, 0.1) is 19.1 Å². The molecule has 1 spiro atoms. The van der Waals surface area contributed by atoms with Crippen molar-refractivity contribution in [1.29, 1.82) is 0 Å². The Kier molecular flexibility index (Phi) is 7.68. The topological polar surface area (TPSA) is 97.4 Å². The van der Waals surface area contributed by atoms with E-state index in [0.29, 0.717) is 78.3 Å². The molecule has 3 heterocycles. The molecule has 0 radical (unpaired) electrons. The van der Waals surface area contributed by atoms with Crippen LogP contribution in [0.25, 0.3) is 0 Å². The number of hydrogen-bond acceptors (Lipinski definition) is 6. The third kappa shape index (κ3) is 5.22. The van der Waals surface area contributed by atoms with Gasteiger partial charge in [0.1, 0.15) is 0 Å². The van der Waals surface area contributed by atoms with E-state index in [-0.39, 0.29) is 18.4 Å². The fourth-order valence-electron chi connectivity index (χ4n) is 4.05. The van der Waals surface area contributed by atoms with E-state index >= 15 is 0 Å². The highest BCUT2D eigenvalue weighted by molar-refractivity contribution is 7.86. The van der Waals surface area contributed by atoms with Crippen molar-refractivity contribution in [2.75, 3.05) is 59.2 Å². The Bertz CT molecular complexity index is 613. The SMILES string of the molecule is CCOCCCNC(=O)[C@@H]1CCCN(S(=O)(=O)N2CCC3(CC2)OCCO3)C1. The van der Waals surface area contributed by atoms with Crippen LogP contribution in [-0.4, -0.2) is 87.9 Å². The van der Waals surface area contributed by atoms with Crippen molar-refractivity contribution in [1.82, 2.24) is 13.9 Å². The molecule has 9 nitrogen and oxygen atoms in total. The van der Waals surface area contributed by atoms with Crippen molar-refractivity contribution < 1.29 is 27.4 Å². The van der Waals surface area contributed by atoms with Crippen molar-refractivity contribution in [3.05, 3.63) is 0 Å². The highest BCUT2D eigenvalue weighted by atomic mass is 32.2. The maximum absolute atomic E-state index is 13.1. The molecule has 3 aliphatic heterocycles. The molecule has 0 aromatic carbocycles. The molecule has 3 saturated heterocycles. The summed E-state index contributed by atoms with van der Waals surface area (Å²) in [6.07, 6.45) is 3.26. The van der Waals surface area contributed by atoms with E-state index in [1.165, 1.54) is 8.61 Å². The molecule has 28 heavy (non-hydrogen) atoms. The Morgan fingerprint density at radius 1 is 1.18 bits per heavy atom. The van der Waals surface area contributed by atoms with Gasteiger partial charge in [0.25, 0.3) is 10.2 Å². The molecular weight excluding hydrogens is 386 g/mol. The van der Waals surface area contributed by atoms with Gasteiger partial charge in [-0.25, -0.2) is 0 Å². The van der Waals surface area contributed by atoms with Gasteiger partial charge in [-0.1, -0.05) is 0 Å². The highest BCUT2D eigenvalue weighted by Crippen LogP contribution is 2.33. The lowest BCUT2D eigenvalue weighted by Crippen LogP contribution is -2.54. The molecule has 3 aliphatic rings. The first-order valence-electron chi connectivity index (χ1n) is 10.4. The molecule has 0 aromatic rings. The number of ether oxygens (including phenoxy) is 3. The number of piperidine rings is 2. The summed E-state index contributed by atoms with van der Waals surface area (Å²) in [5, 5.41) is 2.91. The summed E-state index contributed by atoms with van der Waals surface area (Å²) in [5.41, 5.74) is 0. The second kappa shape index (κ2) is 9.82. The quantitative estimate of drug-likeness (QED) is 0.570. The van der Waals surface area contributed by atoms with E-state index < -0.39 is 16.0 Å². The van der Waals surface area contributed by atoms with Crippen molar-refractivity contribution in [2.24, 2.45) is 5.92 Å². The van der Waals surface area contributed by atoms with E-state index in [1.54, 1.807) is 0 Å². The van der Waals surface area contributed by atoms with E-state index in [1.807, 2.05) is 6.92 Å². The predicted octanol–water partition coefficient (Wildman–Crippen LogP) is 0.325. The third-order valence-corrected chi connectivity index (χ3v) is 7.68. The summed E-state index contributed by atoms with van der Waals surface area (Å²) in [6, 6.07) is 0. The average Bonchev–Trinajstić information content (AvgIpc) is 3.16. The molecule has 1 N–H and O–H groups in total. The van der Waals surface area contributed by atoms with E-state index in [0.717, 1.165) is 6.42 Å². The van der Waals surface area contributed by atoms with Gasteiger partial charge in [0.15, 0.2) is 5.79 Å². The van der Waals surface area contributed by atoms with E-state index in [9.17, 15) is 13.2 Å². The molecular formula is C18H33N3O6S. The molecule has 162 valence electrons. The van der Waals surface area contributed by atoms with Crippen molar-refractivity contribution in [3.63, 3.8) is 0 Å². The zero-order chi connectivity index (χ0) is 20.0. The van der Waals surface area contributed by atoms with Gasteiger partial charge in [-0.2, -0.15) is 17.0 Å². The molecule has 0 unspecified atom stereocenters. The van der Waals surface area contributed by atoms with Crippen LogP contribution in [0.2, 0.25) is 0 Å². The second-order valence-corrected chi connectivity index (χ2v) is 9.48. The Labute approximate surface area is 167 Å². The van der Waals surface area contributed by atoms with Crippen LogP contribution in [0, 0.1) is 5.92 Å². The fraction of sp³-hybridized carbons (Fsp3) is 0.944. The third-order valence-electron chi connectivity index (χ3n) is 5.67. The van der Waals surface area contributed by atoms with Crippen molar-refractivity contribution >= 4 is 16.1 Å². The van der Waals surface area contributed by atoms with Crippen LogP contribution in [0.3, 0.4) is 0 Å². The number of hydrogen-bond donors (Lipinski definition) is 1. The van der Waals surface area contributed by atoms with Gasteiger partial charge in [0, 0.05) is 58.8 Å². The lowest BCUT2D eigenvalue weighted by molar-refractivity contribution is -0.179. The van der Waals surface area contributed by atoms with Crippen LogP contribution in [0.4, 0.5) is 0 Å². The summed E-state index contributed by atoms with van der Waals surface area (Å²) in [5.74, 6) is -0.965. The predicted molar refractivity (Wildman–Crippen MR) is 103 cm³/mol. The molecule has 3 fully saturated rings. The molecule has 0 bridgehead atoms. The van der Waals surface area contributed by atoms with Gasteiger partial charge < -0.3 is 19.5 Å². The maximum Gasteiger partial charge on any atom is 0.282 e. The summed E-state index contributed by atoms with van der Waals surface area (Å²) in [6.45, 7) is 6.38. The molecule has 1 amide bonds. The van der Waals surface area contributed by atoms with Crippen LogP contribution in [-0.2, 0) is 29.2 Å². The summed E-state index contributed by atoms with van der Waals surface area (Å²) < 4.78 is 45.7. The zero-order valence-corrected chi connectivity index (χ0v) is 17.5. The van der Waals surface area contributed by atoms with Crippen molar-refractivity contribution in [2.45, 2.75) is 44.8 Å². The first kappa shape index (κ1) is 21.9. The van der Waals surface area contributed by atoms with Gasteiger partial charge in [-0.05, 0) is 26.2 Å². The number of carbonyl (C=O) groups is 1. The number of nitrogens with one attached hydrogen (secondary N) is 1. The number of amides is 1. The monoisotopic (exact) mass is 419 g/mol. The fourth-order valence-corrected chi connectivity index (χ4v) is 5.75. The van der Waals surface area contributed by atoms with Crippen LogP contribution in [0.15, 0.2) is 0 Å². The smallest absolute Gasteiger partial charge is 0.282 e. The lowest BCUT2D eigenvalue weighted by atomic mass is 9.99. The van der Waals surface area contributed by atoms with Crippen LogP contribution >= 0.6 is 0 Å². The normalized spacial score (nSPS) is 26.5. The molecule has 0 aromatic heterocycles. The summed E-state index contributed by atoms with van der Waals surface area (Å²) >= 11 is 0. The zero-order valence-electron chi connectivity index (χ0n) is 16.7. The van der Waals surface area contributed by atoms with Crippen LogP contribution in [0.5, 0.6) is 0 Å². The minimum absolute atomic E-state index is 0.0678. The second-order valence-electron chi connectivity index (χ2n) is 7.55. The molecule has 0 aliphatic carbocycles. The number of nitrogens with zero attached hydrogens (tertiary/aromatic N) is 2. The average molecular weight is 420 g/mol. The Morgan fingerprint density at radius 2 is 1.89 bits per heavy atom. The Morgan fingerprint density at radius 3 is 2.57 bits per heavy atom. The summed E-state index contributed by atoms with van der Waals surface area (Å²) in [7, 11) is -3.57. The Balaban J connectivity index is 1.49. The van der Waals surface area contributed by atoms with Gasteiger partial charge in [-0.3, -0.25) is 4.79 Å². The van der Waals surface area contributed by atoms with E-state index in [2.05, 4.69) is 5.32 Å². The van der Waals surface area contributed by atoms with Gasteiger partial charge in [0.2, 0.25) is 5.91 Å². The molecule has 0 saturated carbocycles. The number of rotatable bonds is 8. The Hall–Kier alpha value is -0.780. The van der Waals surface area contributed by atoms with E-state index in [4.69, 9.17) is 14.2 Å². The van der Waals surface area contributed by atoms with Gasteiger partial charge >= 0.3 is 0 Å². The van der Waals surface area contributed by atoms with Crippen LogP contribution in [0.1, 0.15) is 39.0 Å². The lowest BCUT2D eigenvalue weighted by Gasteiger charge is -2.40. The molecule has 1 atom stereocenters. The van der Waals surface area contributed by atoms with Gasteiger partial charge in [-0.15, -0.1) is 0 Å². The largest absolute Gasteiger partial charge is 0.382 e. The molecule has 3 rings (SSSR count).